The van der Waals surface area contributed by atoms with Crippen molar-refractivity contribution < 1.29 is 0 Å². The van der Waals surface area contributed by atoms with E-state index in [2.05, 4.69) is 37.6 Å². The number of hydrogen-bond donors (Lipinski definition) is 1. The molecular formula is C15H31N3. The lowest BCUT2D eigenvalue weighted by atomic mass is 9.91. The highest BCUT2D eigenvalue weighted by Crippen LogP contribution is 2.40. The minimum absolute atomic E-state index is 0.221. The van der Waals surface area contributed by atoms with Gasteiger partial charge in [-0.2, -0.15) is 0 Å². The summed E-state index contributed by atoms with van der Waals surface area (Å²) >= 11 is 0. The zero-order valence-corrected chi connectivity index (χ0v) is 12.7. The molecule has 18 heavy (non-hydrogen) atoms. The van der Waals surface area contributed by atoms with Gasteiger partial charge in [0.2, 0.25) is 0 Å². The molecule has 2 fully saturated rings. The van der Waals surface area contributed by atoms with Gasteiger partial charge in [-0.15, -0.1) is 0 Å². The second-order valence-corrected chi connectivity index (χ2v) is 6.47. The maximum absolute atomic E-state index is 6.19. The van der Waals surface area contributed by atoms with Crippen molar-refractivity contribution in [2.75, 3.05) is 20.1 Å². The largest absolute Gasteiger partial charge is 0.329 e. The fourth-order valence-electron chi connectivity index (χ4n) is 3.89. The van der Waals surface area contributed by atoms with Crippen LogP contribution in [-0.4, -0.2) is 53.6 Å². The summed E-state index contributed by atoms with van der Waals surface area (Å²) in [5.74, 6) is 0. The molecule has 2 unspecified atom stereocenters. The third kappa shape index (κ3) is 2.45. The van der Waals surface area contributed by atoms with Gasteiger partial charge in [0.1, 0.15) is 0 Å². The summed E-state index contributed by atoms with van der Waals surface area (Å²) in [5.41, 5.74) is 6.41. The first kappa shape index (κ1) is 14.3. The minimum Gasteiger partial charge on any atom is -0.329 e. The third-order valence-electron chi connectivity index (χ3n) is 5.35. The summed E-state index contributed by atoms with van der Waals surface area (Å²) in [7, 11) is 2.30. The highest BCUT2D eigenvalue weighted by atomic mass is 15.3. The van der Waals surface area contributed by atoms with Gasteiger partial charge in [-0.25, -0.2) is 0 Å². The van der Waals surface area contributed by atoms with Crippen LogP contribution >= 0.6 is 0 Å². The molecule has 0 amide bonds. The predicted octanol–water partition coefficient (Wildman–Crippen LogP) is 2.06. The quantitative estimate of drug-likeness (QED) is 0.786. The highest BCUT2D eigenvalue weighted by Gasteiger charge is 2.49. The summed E-state index contributed by atoms with van der Waals surface area (Å²) in [6, 6.07) is 2.25. The van der Waals surface area contributed by atoms with Gasteiger partial charge in [0.25, 0.3) is 0 Å². The van der Waals surface area contributed by atoms with E-state index in [4.69, 9.17) is 5.73 Å². The Morgan fingerprint density at radius 3 is 2.39 bits per heavy atom. The van der Waals surface area contributed by atoms with Crippen molar-refractivity contribution in [1.82, 2.24) is 9.80 Å². The lowest BCUT2D eigenvalue weighted by Gasteiger charge is -2.42. The molecule has 0 aromatic rings. The molecule has 3 nitrogen and oxygen atoms in total. The Labute approximate surface area is 113 Å². The van der Waals surface area contributed by atoms with Crippen molar-refractivity contribution >= 4 is 0 Å². The zero-order chi connectivity index (χ0) is 13.3. The zero-order valence-electron chi connectivity index (χ0n) is 12.7. The first-order valence-electron chi connectivity index (χ1n) is 7.76. The van der Waals surface area contributed by atoms with E-state index < -0.39 is 0 Å². The van der Waals surface area contributed by atoms with Crippen molar-refractivity contribution in [3.8, 4) is 0 Å². The summed E-state index contributed by atoms with van der Waals surface area (Å²) < 4.78 is 0. The van der Waals surface area contributed by atoms with Crippen LogP contribution in [0.25, 0.3) is 0 Å². The lowest BCUT2D eigenvalue weighted by molar-refractivity contribution is 0.0764. The molecule has 1 saturated carbocycles. The fourth-order valence-corrected chi connectivity index (χ4v) is 3.89. The lowest BCUT2D eigenvalue weighted by Crippen LogP contribution is -2.57. The van der Waals surface area contributed by atoms with Crippen molar-refractivity contribution in [2.24, 2.45) is 5.73 Å². The summed E-state index contributed by atoms with van der Waals surface area (Å²) in [5, 5.41) is 0. The first-order chi connectivity index (χ1) is 8.57. The van der Waals surface area contributed by atoms with Crippen LogP contribution in [0.1, 0.15) is 52.9 Å². The maximum Gasteiger partial charge on any atom is 0.0473 e. The number of likely N-dealkylation sites (tertiary alicyclic amines) is 1. The molecule has 0 aromatic carbocycles. The standard InChI is InChI=1S/C15H31N3/c1-5-13(6-2)17(4)15(10-16)9-12(3)18(11-15)14-7-8-14/h12-14H,5-11,16H2,1-4H3. The smallest absolute Gasteiger partial charge is 0.0473 e. The Morgan fingerprint density at radius 1 is 1.33 bits per heavy atom. The van der Waals surface area contributed by atoms with E-state index in [0.29, 0.717) is 12.1 Å². The molecule has 3 heteroatoms. The van der Waals surface area contributed by atoms with Crippen LogP contribution in [0.4, 0.5) is 0 Å². The van der Waals surface area contributed by atoms with E-state index in [9.17, 15) is 0 Å². The molecule has 1 aliphatic heterocycles. The van der Waals surface area contributed by atoms with E-state index in [0.717, 1.165) is 12.6 Å². The predicted molar refractivity (Wildman–Crippen MR) is 77.7 cm³/mol. The second-order valence-electron chi connectivity index (χ2n) is 6.47. The van der Waals surface area contributed by atoms with Crippen molar-refractivity contribution in [3.05, 3.63) is 0 Å². The monoisotopic (exact) mass is 253 g/mol. The van der Waals surface area contributed by atoms with Gasteiger partial charge in [0, 0.05) is 36.8 Å². The molecule has 106 valence electrons. The molecular weight excluding hydrogens is 222 g/mol. The maximum atomic E-state index is 6.19. The second kappa shape index (κ2) is 5.48. The van der Waals surface area contributed by atoms with Gasteiger partial charge >= 0.3 is 0 Å². The van der Waals surface area contributed by atoms with Crippen LogP contribution in [0.15, 0.2) is 0 Å². The van der Waals surface area contributed by atoms with Gasteiger partial charge in [-0.3, -0.25) is 9.80 Å². The van der Waals surface area contributed by atoms with Gasteiger partial charge in [-0.05, 0) is 46.1 Å². The van der Waals surface area contributed by atoms with Gasteiger partial charge < -0.3 is 5.73 Å². The third-order valence-corrected chi connectivity index (χ3v) is 5.35. The Balaban J connectivity index is 2.10. The van der Waals surface area contributed by atoms with Gasteiger partial charge in [0.15, 0.2) is 0 Å². The molecule has 1 heterocycles. The summed E-state index contributed by atoms with van der Waals surface area (Å²) in [6.45, 7) is 8.96. The van der Waals surface area contributed by atoms with E-state index in [1.54, 1.807) is 0 Å². The topological polar surface area (TPSA) is 32.5 Å². The normalized spacial score (nSPS) is 33.8. The Morgan fingerprint density at radius 2 is 1.94 bits per heavy atom. The number of likely N-dealkylation sites (N-methyl/N-ethyl adjacent to an activating group) is 1. The molecule has 2 rings (SSSR count). The Kier molecular flexibility index (Phi) is 4.35. The molecule has 2 N–H and O–H groups in total. The SMILES string of the molecule is CCC(CC)N(C)C1(CN)CC(C)N(C2CC2)C1. The fraction of sp³-hybridized carbons (Fsp3) is 1.00. The number of nitrogens with two attached hydrogens (primary N) is 1. The Hall–Kier alpha value is -0.120. The van der Waals surface area contributed by atoms with Crippen molar-refractivity contribution in [3.63, 3.8) is 0 Å². The summed E-state index contributed by atoms with van der Waals surface area (Å²) in [6.07, 6.45) is 6.51. The molecule has 2 atom stereocenters. The summed E-state index contributed by atoms with van der Waals surface area (Å²) in [4.78, 5) is 5.32. The number of nitrogens with zero attached hydrogens (tertiary/aromatic N) is 2. The van der Waals surface area contributed by atoms with Gasteiger partial charge in [0.05, 0.1) is 0 Å². The molecule has 0 aromatic heterocycles. The number of rotatable bonds is 6. The molecule has 0 bridgehead atoms. The number of hydrogen-bond acceptors (Lipinski definition) is 3. The minimum atomic E-state index is 0.221. The molecule has 1 saturated heterocycles. The highest BCUT2D eigenvalue weighted by molar-refractivity contribution is 5.07. The molecule has 1 aliphatic carbocycles. The van der Waals surface area contributed by atoms with E-state index in [-0.39, 0.29) is 5.54 Å². The molecule has 0 radical (unpaired) electrons. The van der Waals surface area contributed by atoms with Crippen LogP contribution < -0.4 is 5.73 Å². The van der Waals surface area contributed by atoms with Crippen LogP contribution in [0, 0.1) is 0 Å². The van der Waals surface area contributed by atoms with Crippen LogP contribution in [0.3, 0.4) is 0 Å². The van der Waals surface area contributed by atoms with E-state index >= 15 is 0 Å². The van der Waals surface area contributed by atoms with Crippen LogP contribution in [-0.2, 0) is 0 Å². The van der Waals surface area contributed by atoms with E-state index in [1.165, 1.54) is 38.6 Å². The first-order valence-corrected chi connectivity index (χ1v) is 7.76. The van der Waals surface area contributed by atoms with Crippen LogP contribution in [0.2, 0.25) is 0 Å². The van der Waals surface area contributed by atoms with Gasteiger partial charge in [-0.1, -0.05) is 13.8 Å². The van der Waals surface area contributed by atoms with Crippen molar-refractivity contribution in [2.45, 2.75) is 76.5 Å². The average molecular weight is 253 g/mol. The van der Waals surface area contributed by atoms with Crippen molar-refractivity contribution in [1.29, 1.82) is 0 Å². The van der Waals surface area contributed by atoms with E-state index in [1.807, 2.05) is 0 Å². The molecule has 0 spiro atoms. The van der Waals surface area contributed by atoms with Crippen LogP contribution in [0.5, 0.6) is 0 Å². The molecule has 2 aliphatic rings. The Bertz CT molecular complexity index is 273. The average Bonchev–Trinajstić information content (AvgIpc) is 3.15.